The van der Waals surface area contributed by atoms with Gasteiger partial charge in [-0.05, 0) is 43.9 Å². The second-order valence-electron chi connectivity index (χ2n) is 8.27. The van der Waals surface area contributed by atoms with Crippen LogP contribution in [0.1, 0.15) is 74.6 Å². The van der Waals surface area contributed by atoms with Crippen molar-refractivity contribution in [2.75, 3.05) is 13.6 Å². The van der Waals surface area contributed by atoms with Gasteiger partial charge in [0.05, 0.1) is 11.4 Å². The number of nitrogens with zero attached hydrogens (tertiary/aromatic N) is 2. The first-order valence-corrected chi connectivity index (χ1v) is 12.2. The van der Waals surface area contributed by atoms with E-state index in [1.807, 2.05) is 0 Å². The third-order valence-electron chi connectivity index (χ3n) is 6.38. The third kappa shape index (κ3) is 5.02. The number of terminal acetylenes is 1. The number of sulfonamides is 1. The Kier molecular flexibility index (Phi) is 7.37. The van der Waals surface area contributed by atoms with Gasteiger partial charge >= 0.3 is 0 Å². The van der Waals surface area contributed by atoms with Crippen molar-refractivity contribution in [2.24, 2.45) is 0 Å². The van der Waals surface area contributed by atoms with Crippen molar-refractivity contribution in [3.05, 3.63) is 29.8 Å². The lowest BCUT2D eigenvalue weighted by molar-refractivity contribution is 0.0667. The van der Waals surface area contributed by atoms with Crippen LogP contribution in [0, 0.1) is 12.3 Å². The van der Waals surface area contributed by atoms with Gasteiger partial charge in [-0.1, -0.05) is 50.5 Å². The fourth-order valence-corrected chi connectivity index (χ4v) is 6.08. The molecule has 0 aliphatic heterocycles. The van der Waals surface area contributed by atoms with Crippen LogP contribution in [0.25, 0.3) is 0 Å². The Morgan fingerprint density at radius 3 is 2.21 bits per heavy atom. The van der Waals surface area contributed by atoms with E-state index >= 15 is 0 Å². The summed E-state index contributed by atoms with van der Waals surface area (Å²) in [6, 6.07) is 6.62. The van der Waals surface area contributed by atoms with Crippen molar-refractivity contribution in [1.82, 2.24) is 9.21 Å². The van der Waals surface area contributed by atoms with Gasteiger partial charge in [0.1, 0.15) is 0 Å². The average molecular weight is 417 g/mol. The second-order valence-corrected chi connectivity index (χ2v) is 10.3. The van der Waals surface area contributed by atoms with Crippen molar-refractivity contribution < 1.29 is 13.2 Å². The topological polar surface area (TPSA) is 57.7 Å². The van der Waals surface area contributed by atoms with E-state index in [1.165, 1.54) is 23.2 Å². The molecule has 2 aliphatic rings. The van der Waals surface area contributed by atoms with Crippen LogP contribution < -0.4 is 0 Å². The first kappa shape index (κ1) is 21.9. The number of hydrogen-bond donors (Lipinski definition) is 0. The fourth-order valence-electron chi connectivity index (χ4n) is 4.62. The summed E-state index contributed by atoms with van der Waals surface area (Å²) < 4.78 is 27.8. The van der Waals surface area contributed by atoms with Gasteiger partial charge in [0.2, 0.25) is 10.0 Å². The van der Waals surface area contributed by atoms with Gasteiger partial charge in [-0.2, -0.15) is 4.31 Å². The van der Waals surface area contributed by atoms with Gasteiger partial charge in [-0.3, -0.25) is 4.79 Å². The molecule has 158 valence electrons. The number of benzene rings is 1. The van der Waals surface area contributed by atoms with Crippen molar-refractivity contribution in [3.63, 3.8) is 0 Å². The zero-order chi connectivity index (χ0) is 20.9. The van der Waals surface area contributed by atoms with E-state index in [9.17, 15) is 13.2 Å². The monoisotopic (exact) mass is 416 g/mol. The molecule has 0 heterocycles. The first-order valence-electron chi connectivity index (χ1n) is 10.8. The molecule has 0 unspecified atom stereocenters. The average Bonchev–Trinajstić information content (AvgIpc) is 2.77. The molecule has 0 aromatic heterocycles. The Morgan fingerprint density at radius 1 is 1.03 bits per heavy atom. The van der Waals surface area contributed by atoms with E-state index in [2.05, 4.69) is 5.92 Å². The summed E-state index contributed by atoms with van der Waals surface area (Å²) in [5, 5.41) is 0. The standard InChI is InChI=1S/C23H32N2O3S/c1-3-17-25(21-14-8-5-9-15-21)23(26)19-11-10-16-22(18-19)29(27,28)24(2)20-12-6-4-7-13-20/h1,10-11,16,18,20-21H,4-9,12-15,17H2,2H3. The van der Waals surface area contributed by atoms with Crippen molar-refractivity contribution in [3.8, 4) is 12.3 Å². The lowest BCUT2D eigenvalue weighted by Crippen LogP contribution is -2.42. The molecule has 6 heteroatoms. The Morgan fingerprint density at radius 2 is 1.62 bits per heavy atom. The van der Waals surface area contributed by atoms with E-state index in [0.717, 1.165) is 51.4 Å². The minimum Gasteiger partial charge on any atom is -0.325 e. The van der Waals surface area contributed by atoms with Crippen molar-refractivity contribution in [1.29, 1.82) is 0 Å². The third-order valence-corrected chi connectivity index (χ3v) is 8.29. The van der Waals surface area contributed by atoms with Gasteiger partial charge in [0.25, 0.3) is 5.91 Å². The molecule has 0 saturated heterocycles. The maximum atomic E-state index is 13.2. The number of hydrogen-bond acceptors (Lipinski definition) is 3. The number of rotatable bonds is 6. The summed E-state index contributed by atoms with van der Waals surface area (Å²) in [4.78, 5) is 15.1. The molecule has 1 aromatic carbocycles. The predicted molar refractivity (Wildman–Crippen MR) is 115 cm³/mol. The molecule has 1 amide bonds. The molecule has 0 radical (unpaired) electrons. The van der Waals surface area contributed by atoms with Crippen LogP contribution in [0.2, 0.25) is 0 Å². The Balaban J connectivity index is 1.83. The van der Waals surface area contributed by atoms with Crippen LogP contribution in [0.5, 0.6) is 0 Å². The summed E-state index contributed by atoms with van der Waals surface area (Å²) in [5.41, 5.74) is 0.393. The first-order chi connectivity index (χ1) is 13.9. The van der Waals surface area contributed by atoms with Crippen molar-refractivity contribution in [2.45, 2.75) is 81.2 Å². The molecule has 29 heavy (non-hydrogen) atoms. The van der Waals surface area contributed by atoms with Crippen LogP contribution in [0.4, 0.5) is 0 Å². The summed E-state index contributed by atoms with van der Waals surface area (Å²) in [7, 11) is -1.98. The molecule has 3 rings (SSSR count). The van der Waals surface area contributed by atoms with Crippen LogP contribution in [0.15, 0.2) is 29.2 Å². The highest BCUT2D eigenvalue weighted by molar-refractivity contribution is 7.89. The van der Waals surface area contributed by atoms with Crippen LogP contribution in [-0.2, 0) is 10.0 Å². The van der Waals surface area contributed by atoms with Crippen LogP contribution in [-0.4, -0.2) is 49.2 Å². The smallest absolute Gasteiger partial charge is 0.254 e. The lowest BCUT2D eigenvalue weighted by atomic mass is 9.93. The summed E-state index contributed by atoms with van der Waals surface area (Å²) >= 11 is 0. The zero-order valence-electron chi connectivity index (χ0n) is 17.3. The van der Waals surface area contributed by atoms with Gasteiger partial charge in [0, 0.05) is 24.7 Å². The molecular weight excluding hydrogens is 384 g/mol. The largest absolute Gasteiger partial charge is 0.325 e. The minimum absolute atomic E-state index is 0.0354. The lowest BCUT2D eigenvalue weighted by Gasteiger charge is -2.33. The molecule has 1 aromatic rings. The normalized spacial score (nSPS) is 19.1. The van der Waals surface area contributed by atoms with E-state index in [0.29, 0.717) is 5.56 Å². The number of amides is 1. The number of carbonyl (C=O) groups excluding carboxylic acids is 1. The molecule has 0 spiro atoms. The SMILES string of the molecule is C#CCN(C(=O)c1cccc(S(=O)(=O)N(C)C2CCCCC2)c1)C1CCCCC1. The van der Waals surface area contributed by atoms with Gasteiger partial charge in [-0.15, -0.1) is 6.42 Å². The predicted octanol–water partition coefficient (Wildman–Crippen LogP) is 4.05. The highest BCUT2D eigenvalue weighted by Crippen LogP contribution is 2.28. The van der Waals surface area contributed by atoms with Gasteiger partial charge < -0.3 is 4.90 Å². The van der Waals surface area contributed by atoms with Crippen LogP contribution in [0.3, 0.4) is 0 Å². The molecule has 2 saturated carbocycles. The summed E-state index contributed by atoms with van der Waals surface area (Å²) in [6.45, 7) is 0.252. The van der Waals surface area contributed by atoms with Crippen molar-refractivity contribution >= 4 is 15.9 Å². The quantitative estimate of drug-likeness (QED) is 0.658. The number of carbonyl (C=O) groups is 1. The molecule has 2 fully saturated rings. The van der Waals surface area contributed by atoms with E-state index in [-0.39, 0.29) is 29.4 Å². The maximum absolute atomic E-state index is 13.2. The van der Waals surface area contributed by atoms with E-state index in [1.54, 1.807) is 30.1 Å². The summed E-state index contributed by atoms with van der Waals surface area (Å²) in [6.07, 6.45) is 15.9. The van der Waals surface area contributed by atoms with Crippen LogP contribution >= 0.6 is 0 Å². The molecule has 0 N–H and O–H groups in total. The Labute approximate surface area is 175 Å². The van der Waals surface area contributed by atoms with E-state index < -0.39 is 10.0 Å². The highest BCUT2D eigenvalue weighted by atomic mass is 32.2. The summed E-state index contributed by atoms with van der Waals surface area (Å²) in [5.74, 6) is 2.43. The molecule has 0 bridgehead atoms. The van der Waals surface area contributed by atoms with Gasteiger partial charge in [0.15, 0.2) is 0 Å². The molecule has 5 nitrogen and oxygen atoms in total. The zero-order valence-corrected chi connectivity index (χ0v) is 18.2. The Bertz CT molecular complexity index is 847. The molecule has 2 aliphatic carbocycles. The molecular formula is C23H32N2O3S. The maximum Gasteiger partial charge on any atom is 0.254 e. The second kappa shape index (κ2) is 9.77. The fraction of sp³-hybridized carbons (Fsp3) is 0.609. The van der Waals surface area contributed by atoms with E-state index in [4.69, 9.17) is 6.42 Å². The Hall–Kier alpha value is -1.84. The van der Waals surface area contributed by atoms with Gasteiger partial charge in [-0.25, -0.2) is 8.42 Å². The highest BCUT2D eigenvalue weighted by Gasteiger charge is 2.31. The minimum atomic E-state index is -3.64. The molecule has 0 atom stereocenters.